The van der Waals surface area contributed by atoms with Crippen molar-refractivity contribution in [2.45, 2.75) is 36.9 Å². The maximum atomic E-state index is 6.43. The van der Waals surface area contributed by atoms with Crippen molar-refractivity contribution in [2.75, 3.05) is 12.4 Å². The SMILES string of the molecule is Clc1ccccc1-c1nnc(SCCOc2ccccc2)n1C1CCCC1. The number of thioether (sulfide) groups is 1. The molecule has 3 aromatic rings. The Labute approximate surface area is 168 Å². The van der Waals surface area contributed by atoms with E-state index in [4.69, 9.17) is 16.3 Å². The van der Waals surface area contributed by atoms with Gasteiger partial charge in [0.05, 0.1) is 11.6 Å². The molecule has 1 aromatic heterocycles. The number of ether oxygens (including phenoxy) is 1. The van der Waals surface area contributed by atoms with E-state index in [1.165, 1.54) is 25.7 Å². The molecule has 0 N–H and O–H groups in total. The van der Waals surface area contributed by atoms with E-state index in [-0.39, 0.29) is 0 Å². The number of halogens is 1. The zero-order chi connectivity index (χ0) is 18.5. The number of para-hydroxylation sites is 1. The van der Waals surface area contributed by atoms with Crippen LogP contribution in [0.3, 0.4) is 0 Å². The molecule has 4 nitrogen and oxygen atoms in total. The highest BCUT2D eigenvalue weighted by Gasteiger charge is 2.25. The molecule has 1 fully saturated rings. The first-order chi connectivity index (χ1) is 13.3. The molecule has 1 aliphatic rings. The zero-order valence-corrected chi connectivity index (χ0v) is 16.6. The van der Waals surface area contributed by atoms with Crippen molar-refractivity contribution in [1.29, 1.82) is 0 Å². The Bertz CT molecular complexity index is 878. The number of nitrogens with zero attached hydrogens (tertiary/aromatic N) is 3. The molecule has 0 bridgehead atoms. The summed E-state index contributed by atoms with van der Waals surface area (Å²) < 4.78 is 8.10. The molecule has 4 rings (SSSR count). The van der Waals surface area contributed by atoms with Gasteiger partial charge >= 0.3 is 0 Å². The molecular formula is C21H22ClN3OS. The molecule has 0 unspecified atom stereocenters. The maximum Gasteiger partial charge on any atom is 0.191 e. The molecule has 1 heterocycles. The summed E-state index contributed by atoms with van der Waals surface area (Å²) in [5.74, 6) is 2.59. The van der Waals surface area contributed by atoms with E-state index in [9.17, 15) is 0 Å². The van der Waals surface area contributed by atoms with Crippen molar-refractivity contribution >= 4 is 23.4 Å². The average molecular weight is 400 g/mol. The smallest absolute Gasteiger partial charge is 0.191 e. The Kier molecular flexibility index (Phi) is 6.00. The van der Waals surface area contributed by atoms with Crippen molar-refractivity contribution in [3.05, 3.63) is 59.6 Å². The maximum absolute atomic E-state index is 6.43. The topological polar surface area (TPSA) is 39.9 Å². The molecule has 0 aliphatic heterocycles. The van der Waals surface area contributed by atoms with Gasteiger partial charge in [0.15, 0.2) is 11.0 Å². The normalized spacial score (nSPS) is 14.6. The van der Waals surface area contributed by atoms with Crippen LogP contribution in [0.5, 0.6) is 5.75 Å². The predicted molar refractivity (Wildman–Crippen MR) is 111 cm³/mol. The lowest BCUT2D eigenvalue weighted by molar-refractivity contribution is 0.343. The van der Waals surface area contributed by atoms with Crippen molar-refractivity contribution in [3.8, 4) is 17.1 Å². The minimum absolute atomic E-state index is 0.448. The lowest BCUT2D eigenvalue weighted by Crippen LogP contribution is -2.09. The van der Waals surface area contributed by atoms with Gasteiger partial charge in [-0.15, -0.1) is 10.2 Å². The molecule has 140 valence electrons. The summed E-state index contributed by atoms with van der Waals surface area (Å²) >= 11 is 8.13. The van der Waals surface area contributed by atoms with Gasteiger partial charge in [0.25, 0.3) is 0 Å². The second-order valence-corrected chi connectivity index (χ2v) is 8.07. The monoisotopic (exact) mass is 399 g/mol. The van der Waals surface area contributed by atoms with Gasteiger partial charge in [-0.1, -0.05) is 66.5 Å². The van der Waals surface area contributed by atoms with Gasteiger partial charge in [-0.25, -0.2) is 0 Å². The van der Waals surface area contributed by atoms with Crippen LogP contribution in [-0.2, 0) is 0 Å². The lowest BCUT2D eigenvalue weighted by Gasteiger charge is -2.17. The molecule has 0 amide bonds. The van der Waals surface area contributed by atoms with E-state index in [0.717, 1.165) is 28.0 Å². The van der Waals surface area contributed by atoms with Gasteiger partial charge in [-0.05, 0) is 37.1 Å². The first kappa shape index (κ1) is 18.4. The number of hydrogen-bond donors (Lipinski definition) is 0. The summed E-state index contributed by atoms with van der Waals surface area (Å²) in [5, 5.41) is 10.6. The number of aromatic nitrogens is 3. The van der Waals surface area contributed by atoms with Crippen molar-refractivity contribution < 1.29 is 4.74 Å². The second-order valence-electron chi connectivity index (χ2n) is 6.60. The summed E-state index contributed by atoms with van der Waals surface area (Å²) in [7, 11) is 0. The third-order valence-electron chi connectivity index (χ3n) is 4.80. The van der Waals surface area contributed by atoms with Gasteiger partial charge in [-0.3, -0.25) is 4.57 Å². The number of rotatable bonds is 7. The summed E-state index contributed by atoms with van der Waals surface area (Å²) in [6.07, 6.45) is 4.85. The Morgan fingerprint density at radius 2 is 1.74 bits per heavy atom. The standard InChI is InChI=1S/C21H22ClN3OS/c22-19-13-7-6-12-18(19)20-23-24-21(25(20)16-8-4-5-9-16)27-15-14-26-17-10-2-1-3-11-17/h1-3,6-7,10-13,16H,4-5,8-9,14-15H2. The summed E-state index contributed by atoms with van der Waals surface area (Å²) in [6.45, 7) is 0.633. The quantitative estimate of drug-likeness (QED) is 0.367. The van der Waals surface area contributed by atoms with Crippen LogP contribution in [0.4, 0.5) is 0 Å². The van der Waals surface area contributed by atoms with E-state index in [1.54, 1.807) is 11.8 Å². The highest BCUT2D eigenvalue weighted by atomic mass is 35.5. The number of benzene rings is 2. The van der Waals surface area contributed by atoms with E-state index in [0.29, 0.717) is 17.7 Å². The van der Waals surface area contributed by atoms with Gasteiger partial charge in [0.2, 0.25) is 0 Å². The minimum atomic E-state index is 0.448. The second kappa shape index (κ2) is 8.81. The average Bonchev–Trinajstić information content (AvgIpc) is 3.36. The van der Waals surface area contributed by atoms with Crippen LogP contribution in [-0.4, -0.2) is 27.1 Å². The molecule has 1 aliphatic carbocycles. The van der Waals surface area contributed by atoms with Crippen LogP contribution in [0.15, 0.2) is 59.8 Å². The minimum Gasteiger partial charge on any atom is -0.493 e. The molecule has 27 heavy (non-hydrogen) atoms. The fourth-order valence-electron chi connectivity index (χ4n) is 3.50. The van der Waals surface area contributed by atoms with Gasteiger partial charge in [0, 0.05) is 17.4 Å². The third-order valence-corrected chi connectivity index (χ3v) is 6.03. The summed E-state index contributed by atoms with van der Waals surface area (Å²) in [4.78, 5) is 0. The van der Waals surface area contributed by atoms with Crippen molar-refractivity contribution in [2.24, 2.45) is 0 Å². The Balaban J connectivity index is 1.51. The van der Waals surface area contributed by atoms with Crippen LogP contribution in [0.2, 0.25) is 5.02 Å². The fraction of sp³-hybridized carbons (Fsp3) is 0.333. The van der Waals surface area contributed by atoms with E-state index >= 15 is 0 Å². The lowest BCUT2D eigenvalue weighted by atomic mass is 10.2. The summed E-state index contributed by atoms with van der Waals surface area (Å²) in [6, 6.07) is 18.2. The fourth-order valence-corrected chi connectivity index (χ4v) is 4.55. The first-order valence-electron chi connectivity index (χ1n) is 9.33. The number of hydrogen-bond acceptors (Lipinski definition) is 4. The molecule has 0 spiro atoms. The van der Waals surface area contributed by atoms with E-state index < -0.39 is 0 Å². The van der Waals surface area contributed by atoms with Crippen LogP contribution in [0, 0.1) is 0 Å². The molecular weight excluding hydrogens is 378 g/mol. The van der Waals surface area contributed by atoms with Crippen LogP contribution in [0.1, 0.15) is 31.7 Å². The summed E-state index contributed by atoms with van der Waals surface area (Å²) in [5.41, 5.74) is 0.950. The molecule has 0 radical (unpaired) electrons. The van der Waals surface area contributed by atoms with Crippen molar-refractivity contribution in [1.82, 2.24) is 14.8 Å². The van der Waals surface area contributed by atoms with Crippen LogP contribution < -0.4 is 4.74 Å². The largest absolute Gasteiger partial charge is 0.493 e. The van der Waals surface area contributed by atoms with Crippen LogP contribution >= 0.6 is 23.4 Å². The molecule has 0 atom stereocenters. The van der Waals surface area contributed by atoms with Crippen LogP contribution in [0.25, 0.3) is 11.4 Å². The van der Waals surface area contributed by atoms with Crippen molar-refractivity contribution in [3.63, 3.8) is 0 Å². The first-order valence-corrected chi connectivity index (χ1v) is 10.7. The van der Waals surface area contributed by atoms with Gasteiger partial charge in [0.1, 0.15) is 5.75 Å². The highest BCUT2D eigenvalue weighted by molar-refractivity contribution is 7.99. The molecule has 2 aromatic carbocycles. The molecule has 1 saturated carbocycles. The van der Waals surface area contributed by atoms with Gasteiger partial charge in [-0.2, -0.15) is 0 Å². The Morgan fingerprint density at radius 1 is 1.00 bits per heavy atom. The molecule has 0 saturated heterocycles. The highest BCUT2D eigenvalue weighted by Crippen LogP contribution is 2.38. The third kappa shape index (κ3) is 4.30. The van der Waals surface area contributed by atoms with E-state index in [2.05, 4.69) is 14.8 Å². The zero-order valence-electron chi connectivity index (χ0n) is 15.1. The van der Waals surface area contributed by atoms with Gasteiger partial charge < -0.3 is 4.74 Å². The Morgan fingerprint density at radius 3 is 2.52 bits per heavy atom. The Hall–Kier alpha value is -1.98. The molecule has 6 heteroatoms. The van der Waals surface area contributed by atoms with E-state index in [1.807, 2.05) is 54.6 Å². The predicted octanol–water partition coefficient (Wildman–Crippen LogP) is 5.88.